The van der Waals surface area contributed by atoms with Crippen molar-refractivity contribution in [3.63, 3.8) is 0 Å². The Morgan fingerprint density at radius 3 is 1.58 bits per heavy atom. The summed E-state index contributed by atoms with van der Waals surface area (Å²) in [4.78, 5) is 15.4. The van der Waals surface area contributed by atoms with E-state index >= 15 is 0 Å². The fourth-order valence-electron chi connectivity index (χ4n) is 8.44. The van der Waals surface area contributed by atoms with Gasteiger partial charge in [-0.05, 0) is 35.4 Å². The van der Waals surface area contributed by atoms with Crippen molar-refractivity contribution in [3.8, 4) is 51.0 Å². The molecule has 0 aliphatic carbocycles. The highest BCUT2D eigenvalue weighted by molar-refractivity contribution is 6.68. The molecule has 0 saturated heterocycles. The lowest BCUT2D eigenvalue weighted by atomic mass is 9.59. The Morgan fingerprint density at radius 1 is 0.418 bits per heavy atom. The van der Waals surface area contributed by atoms with Crippen LogP contribution in [0, 0.1) is 0 Å². The van der Waals surface area contributed by atoms with Crippen molar-refractivity contribution in [2.45, 2.75) is 0 Å². The molecule has 0 aliphatic rings. The molecule has 3 heterocycles. The third kappa shape index (κ3) is 5.19. The van der Waals surface area contributed by atoms with Crippen molar-refractivity contribution < 1.29 is 4.42 Å². The molecule has 10 heteroatoms. The average molecular weight is 700 g/mol. The molecule has 0 atom stereocenters. The number of para-hydroxylation sites is 3. The summed E-state index contributed by atoms with van der Waals surface area (Å²) in [6.45, 7) is 0. The van der Waals surface area contributed by atoms with Gasteiger partial charge >= 0.3 is 0 Å². The van der Waals surface area contributed by atoms with Crippen LogP contribution in [-0.4, -0.2) is 58.8 Å². The van der Waals surface area contributed by atoms with E-state index in [1.54, 1.807) is 0 Å². The van der Waals surface area contributed by atoms with E-state index in [9.17, 15) is 0 Å². The zero-order chi connectivity index (χ0) is 37.4. The largest absolute Gasteiger partial charge is 0.454 e. The molecule has 10 rings (SSSR count). The summed E-state index contributed by atoms with van der Waals surface area (Å²) in [7, 11) is 11.1. The molecule has 3 aromatic heterocycles. The summed E-state index contributed by atoms with van der Waals surface area (Å²) in [6, 6.07) is 48.5. The van der Waals surface area contributed by atoms with Crippen LogP contribution in [0.1, 0.15) is 0 Å². The van der Waals surface area contributed by atoms with E-state index in [1.165, 1.54) is 49.2 Å². The van der Waals surface area contributed by atoms with Gasteiger partial charge in [0.2, 0.25) is 0 Å². The maximum atomic E-state index is 6.80. The number of hydrogen-bond acceptors (Lipinski definition) is 4. The van der Waals surface area contributed by atoms with Gasteiger partial charge in [-0.2, -0.15) is 0 Å². The van der Waals surface area contributed by atoms with Gasteiger partial charge in [-0.15, -0.1) is 16.4 Å². The van der Waals surface area contributed by atoms with Crippen molar-refractivity contribution in [2.75, 3.05) is 0 Å². The summed E-state index contributed by atoms with van der Waals surface area (Å²) in [5.74, 6) is 1.84. The predicted octanol–water partition coefficient (Wildman–Crippen LogP) is 2.83. The molecule has 0 spiro atoms. The van der Waals surface area contributed by atoms with E-state index in [2.05, 4.69) is 141 Å². The van der Waals surface area contributed by atoms with Gasteiger partial charge in [0.15, 0.2) is 23.1 Å². The van der Waals surface area contributed by atoms with Gasteiger partial charge in [0, 0.05) is 38.2 Å². The number of hydrogen-bond donors (Lipinski definition) is 0. The highest BCUT2D eigenvalue weighted by Crippen LogP contribution is 2.41. The van der Waals surface area contributed by atoms with Gasteiger partial charge in [0.1, 0.15) is 44.8 Å². The monoisotopic (exact) mass is 700 g/mol. The highest BCUT2D eigenvalue weighted by Gasteiger charge is 2.22. The molecular formula is C45H33B5N4O. The molecular weight excluding hydrogens is 667 g/mol. The third-order valence-electron chi connectivity index (χ3n) is 11.7. The Kier molecular flexibility index (Phi) is 7.70. The summed E-state index contributed by atoms with van der Waals surface area (Å²) >= 11 is 0. The number of nitrogens with zero attached hydrogens (tertiary/aromatic N) is 4. The highest BCUT2D eigenvalue weighted by atomic mass is 16.3. The molecule has 7 aromatic carbocycles. The van der Waals surface area contributed by atoms with Crippen LogP contribution < -0.4 is 27.3 Å². The summed E-state index contributed by atoms with van der Waals surface area (Å²) in [5.41, 5.74) is 16.8. The van der Waals surface area contributed by atoms with Gasteiger partial charge in [-0.3, -0.25) is 0 Å². The first kappa shape index (κ1) is 33.1. The summed E-state index contributed by atoms with van der Waals surface area (Å²) in [6.07, 6.45) is 0. The number of aromatic nitrogens is 4. The minimum atomic E-state index is 0.597. The van der Waals surface area contributed by atoms with E-state index in [0.29, 0.717) is 17.5 Å². The van der Waals surface area contributed by atoms with Crippen molar-refractivity contribution in [3.05, 3.63) is 140 Å². The average Bonchev–Trinajstić information content (AvgIpc) is 3.79. The second-order valence-corrected chi connectivity index (χ2v) is 14.6. The Morgan fingerprint density at radius 2 is 0.927 bits per heavy atom. The molecule has 5 nitrogen and oxygen atoms in total. The van der Waals surface area contributed by atoms with Crippen LogP contribution in [0.5, 0.6) is 0 Å². The third-order valence-corrected chi connectivity index (χ3v) is 11.7. The molecule has 0 bridgehead atoms. The lowest BCUT2D eigenvalue weighted by molar-refractivity contribution is 0.666. The van der Waals surface area contributed by atoms with Crippen molar-refractivity contribution in [2.24, 2.45) is 0 Å². The molecule has 0 radical (unpaired) electrons. The summed E-state index contributed by atoms with van der Waals surface area (Å²) < 4.78 is 9.12. The minimum Gasteiger partial charge on any atom is -0.454 e. The first-order valence-corrected chi connectivity index (χ1v) is 18.8. The SMILES string of the molecule is Bc1c(B)c(B)c(-c2ccc(-c3nc(-c4ccccc4)nc(-c4cccc5oc6c(-n7c8ccccc8c8ccccc87)cccc6c45)n3)cc2)c(B)c1B. The fraction of sp³-hybridized carbons (Fsp3) is 0. The van der Waals surface area contributed by atoms with Gasteiger partial charge in [0.25, 0.3) is 0 Å². The van der Waals surface area contributed by atoms with Crippen molar-refractivity contribution >= 4 is 110 Å². The lowest BCUT2D eigenvalue weighted by Gasteiger charge is -2.20. The first-order chi connectivity index (χ1) is 26.9. The molecule has 0 saturated carbocycles. The Labute approximate surface area is 323 Å². The topological polar surface area (TPSA) is 56.7 Å². The van der Waals surface area contributed by atoms with Crippen LogP contribution in [0.3, 0.4) is 0 Å². The molecule has 0 aliphatic heterocycles. The maximum Gasteiger partial charge on any atom is 0.164 e. The van der Waals surface area contributed by atoms with Crippen LogP contribution in [0.4, 0.5) is 0 Å². The van der Waals surface area contributed by atoms with E-state index < -0.39 is 0 Å². The number of benzene rings is 7. The predicted molar refractivity (Wildman–Crippen MR) is 244 cm³/mol. The van der Waals surface area contributed by atoms with Gasteiger partial charge in [-0.1, -0.05) is 126 Å². The Bertz CT molecular complexity index is 3070. The molecule has 254 valence electrons. The van der Waals surface area contributed by atoms with Crippen molar-refractivity contribution in [1.82, 2.24) is 19.5 Å². The lowest BCUT2D eigenvalue weighted by Crippen LogP contribution is -2.55. The Hall–Kier alpha value is -6.53. The van der Waals surface area contributed by atoms with E-state index in [-0.39, 0.29) is 0 Å². The Balaban J connectivity index is 1.16. The number of rotatable bonds is 5. The van der Waals surface area contributed by atoms with E-state index in [1.807, 2.05) is 42.5 Å². The van der Waals surface area contributed by atoms with Crippen LogP contribution in [0.25, 0.3) is 94.7 Å². The molecule has 0 unspecified atom stereocenters. The van der Waals surface area contributed by atoms with Gasteiger partial charge in [-0.25, -0.2) is 15.0 Å². The fourth-order valence-corrected chi connectivity index (χ4v) is 8.44. The molecule has 0 amide bonds. The molecule has 0 fully saturated rings. The van der Waals surface area contributed by atoms with Crippen LogP contribution >= 0.6 is 0 Å². The summed E-state index contributed by atoms with van der Waals surface area (Å²) in [5, 5.41) is 4.40. The smallest absolute Gasteiger partial charge is 0.164 e. The normalized spacial score (nSPS) is 11.6. The second-order valence-electron chi connectivity index (χ2n) is 14.6. The number of fused-ring (bicyclic) bond motifs is 6. The first-order valence-electron chi connectivity index (χ1n) is 18.8. The van der Waals surface area contributed by atoms with Gasteiger partial charge in [0.05, 0.1) is 16.7 Å². The standard InChI is InChI=1S/C45H33B5N4O/c46-37-35(38(47)40(49)41(50)39(37)48)24-20-22-26(23-21-24)44-51-43(25-10-2-1-3-11-25)52-45(53-44)30-15-9-19-34-36(30)29-14-8-18-33(42(29)55-34)54-31-16-6-4-12-27(31)28-13-5-7-17-32(28)54/h1-23H,46-50H2. The molecule has 55 heavy (non-hydrogen) atoms. The minimum absolute atomic E-state index is 0.597. The van der Waals surface area contributed by atoms with Gasteiger partial charge < -0.3 is 8.98 Å². The molecule has 10 aromatic rings. The number of furan rings is 1. The zero-order valence-corrected chi connectivity index (χ0v) is 31.5. The van der Waals surface area contributed by atoms with Crippen LogP contribution in [-0.2, 0) is 0 Å². The zero-order valence-electron chi connectivity index (χ0n) is 31.5. The maximum absolute atomic E-state index is 6.80. The molecule has 0 N–H and O–H groups in total. The van der Waals surface area contributed by atoms with E-state index in [4.69, 9.17) is 19.4 Å². The van der Waals surface area contributed by atoms with Crippen molar-refractivity contribution in [1.29, 1.82) is 0 Å². The van der Waals surface area contributed by atoms with E-state index in [0.717, 1.165) is 55.3 Å². The van der Waals surface area contributed by atoms with Crippen LogP contribution in [0.15, 0.2) is 144 Å². The quantitative estimate of drug-likeness (QED) is 0.260. The van der Waals surface area contributed by atoms with Crippen LogP contribution in [0.2, 0.25) is 0 Å². The second kappa shape index (κ2) is 12.8.